The Morgan fingerprint density at radius 1 is 0.860 bits per heavy atom. The number of rotatable bonds is 8. The summed E-state index contributed by atoms with van der Waals surface area (Å²) in [5.74, 6) is -1.02. The first-order chi connectivity index (χ1) is 21.0. The maximum absolute atomic E-state index is 13.8. The van der Waals surface area contributed by atoms with E-state index in [2.05, 4.69) is 28.1 Å². The molecule has 2 heterocycles. The molecule has 0 amide bonds. The van der Waals surface area contributed by atoms with E-state index in [-0.39, 0.29) is 18.0 Å². The van der Waals surface area contributed by atoms with Gasteiger partial charge in [0, 0.05) is 22.0 Å². The number of hydrogen-bond donors (Lipinski definition) is 1. The first-order valence-electron chi connectivity index (χ1n) is 13.8. The summed E-state index contributed by atoms with van der Waals surface area (Å²) in [5.41, 5.74) is 6.38. The number of anilines is 1. The van der Waals surface area contributed by atoms with Crippen LogP contribution in [-0.4, -0.2) is 22.9 Å². The molecule has 1 aromatic heterocycles. The van der Waals surface area contributed by atoms with Crippen molar-refractivity contribution in [1.82, 2.24) is 4.57 Å². The maximum atomic E-state index is 13.8. The van der Waals surface area contributed by atoms with Crippen molar-refractivity contribution in [2.24, 2.45) is 0 Å². The molecule has 212 valence electrons. The molecule has 0 radical (unpaired) electrons. The third-order valence-corrected chi connectivity index (χ3v) is 8.20. The second-order valence-corrected chi connectivity index (χ2v) is 11.2. The molecule has 0 unspecified atom stereocenters. The zero-order valence-corrected chi connectivity index (χ0v) is 24.9. The summed E-state index contributed by atoms with van der Waals surface area (Å²) >= 11 is 7.51. The van der Waals surface area contributed by atoms with Crippen molar-refractivity contribution >= 4 is 46.9 Å². The number of Topliss-reactive ketones (excluding diaryl/α,β-unsaturated/α-hetero) is 1. The number of thioether (sulfide) groups is 1. The normalized spacial score (nSPS) is 13.9. The predicted molar refractivity (Wildman–Crippen MR) is 176 cm³/mol. The van der Waals surface area contributed by atoms with Crippen LogP contribution in [0.3, 0.4) is 0 Å². The van der Waals surface area contributed by atoms with Crippen LogP contribution >= 0.6 is 23.4 Å². The van der Waals surface area contributed by atoms with Gasteiger partial charge in [0.15, 0.2) is 0 Å². The van der Waals surface area contributed by atoms with Crippen LogP contribution in [0.2, 0.25) is 5.02 Å². The van der Waals surface area contributed by atoms with Gasteiger partial charge in [0.2, 0.25) is 5.78 Å². The number of nitrogens with one attached hydrogen (secondary N) is 1. The van der Waals surface area contributed by atoms with Crippen LogP contribution in [0.25, 0.3) is 34.3 Å². The molecule has 1 aliphatic rings. The molecule has 0 saturated carbocycles. The fourth-order valence-corrected chi connectivity index (χ4v) is 6.18. The van der Waals surface area contributed by atoms with Crippen LogP contribution in [-0.2, 0) is 14.3 Å². The number of ether oxygens (including phenoxy) is 1. The number of carbonyl (C=O) groups excluding carboxylic acids is 2. The number of halogens is 1. The van der Waals surface area contributed by atoms with E-state index in [1.54, 1.807) is 6.92 Å². The van der Waals surface area contributed by atoms with Gasteiger partial charge >= 0.3 is 5.97 Å². The molecule has 0 aliphatic carbocycles. The van der Waals surface area contributed by atoms with Gasteiger partial charge in [-0.3, -0.25) is 4.79 Å². The summed E-state index contributed by atoms with van der Waals surface area (Å²) in [6.07, 6.45) is 1.87. The SMILES string of the molecule is CCOC(=O)C1=C(Nc2ccccc2)S/C(=C\c2cc(-c3ccccc3)n(-c3ccc(Cl)cc3)c2-c2ccccc2)C1=O. The lowest BCUT2D eigenvalue weighted by Crippen LogP contribution is -2.16. The van der Waals surface area contributed by atoms with Gasteiger partial charge in [-0.1, -0.05) is 102 Å². The summed E-state index contributed by atoms with van der Waals surface area (Å²) in [6.45, 7) is 1.89. The number of ketones is 1. The first-order valence-corrected chi connectivity index (χ1v) is 15.0. The van der Waals surface area contributed by atoms with Crippen LogP contribution in [0.15, 0.2) is 137 Å². The molecule has 43 heavy (non-hydrogen) atoms. The molecule has 0 saturated heterocycles. The standard InChI is InChI=1S/C36H27ClN2O3S/c1-2-42-36(41)32-34(40)31(43-35(32)38-28-16-10-5-11-17-28)23-26-22-30(24-12-6-3-7-13-24)39(29-20-18-27(37)19-21-29)33(26)25-14-8-4-9-15-25/h3-23,38H,2H2,1H3/b31-23-. The Morgan fingerprint density at radius 3 is 2.09 bits per heavy atom. The van der Waals surface area contributed by atoms with E-state index >= 15 is 0 Å². The quantitative estimate of drug-likeness (QED) is 0.109. The Kier molecular flexibility index (Phi) is 8.31. The van der Waals surface area contributed by atoms with E-state index in [0.717, 1.165) is 39.5 Å². The van der Waals surface area contributed by atoms with Gasteiger partial charge in [-0.05, 0) is 66.6 Å². The molecule has 0 bridgehead atoms. The van der Waals surface area contributed by atoms with Crippen LogP contribution in [0, 0.1) is 0 Å². The highest BCUT2D eigenvalue weighted by atomic mass is 35.5. The number of benzene rings is 4. The molecular formula is C36H27ClN2O3S. The molecular weight excluding hydrogens is 576 g/mol. The molecule has 5 nitrogen and oxygen atoms in total. The fraction of sp³-hybridized carbons (Fsp3) is 0.0556. The van der Waals surface area contributed by atoms with Gasteiger partial charge in [-0.25, -0.2) is 4.79 Å². The summed E-state index contributed by atoms with van der Waals surface area (Å²) in [4.78, 5) is 27.3. The van der Waals surface area contributed by atoms with Crippen molar-refractivity contribution in [3.8, 4) is 28.2 Å². The molecule has 6 rings (SSSR count). The molecule has 1 aliphatic heterocycles. The Balaban J connectivity index is 1.53. The van der Waals surface area contributed by atoms with Gasteiger partial charge in [-0.2, -0.15) is 0 Å². The van der Waals surface area contributed by atoms with Gasteiger partial charge in [0.05, 0.1) is 27.9 Å². The molecule has 4 aromatic carbocycles. The summed E-state index contributed by atoms with van der Waals surface area (Å²) < 4.78 is 7.47. The van der Waals surface area contributed by atoms with E-state index in [1.165, 1.54) is 11.8 Å². The average Bonchev–Trinajstić information content (AvgIpc) is 3.56. The number of carbonyl (C=O) groups is 2. The molecule has 0 spiro atoms. The number of hydrogen-bond acceptors (Lipinski definition) is 5. The summed E-state index contributed by atoms with van der Waals surface area (Å²) in [6, 6.07) is 39.4. The average molecular weight is 603 g/mol. The highest BCUT2D eigenvalue weighted by molar-refractivity contribution is 8.08. The lowest BCUT2D eigenvalue weighted by molar-refractivity contribution is -0.139. The molecule has 1 N–H and O–H groups in total. The third kappa shape index (κ3) is 5.93. The maximum Gasteiger partial charge on any atom is 0.344 e. The number of para-hydroxylation sites is 1. The first kappa shape index (κ1) is 28.3. The van der Waals surface area contributed by atoms with Gasteiger partial charge in [-0.15, -0.1) is 0 Å². The minimum atomic E-state index is -0.645. The van der Waals surface area contributed by atoms with Gasteiger partial charge in [0.1, 0.15) is 5.57 Å². The van der Waals surface area contributed by atoms with Crippen molar-refractivity contribution in [3.63, 3.8) is 0 Å². The van der Waals surface area contributed by atoms with E-state index in [1.807, 2.05) is 109 Å². The third-order valence-electron chi connectivity index (χ3n) is 6.92. The zero-order valence-electron chi connectivity index (χ0n) is 23.3. The molecule has 0 atom stereocenters. The number of aromatic nitrogens is 1. The Bertz CT molecular complexity index is 1850. The molecule has 0 fully saturated rings. The fourth-order valence-electron chi connectivity index (χ4n) is 5.01. The van der Waals surface area contributed by atoms with Crippen molar-refractivity contribution in [3.05, 3.63) is 147 Å². The van der Waals surface area contributed by atoms with Gasteiger partial charge < -0.3 is 14.6 Å². The lowest BCUT2D eigenvalue weighted by atomic mass is 10.1. The second-order valence-electron chi connectivity index (χ2n) is 9.73. The van der Waals surface area contributed by atoms with Crippen LogP contribution < -0.4 is 5.32 Å². The summed E-state index contributed by atoms with van der Waals surface area (Å²) in [5, 5.41) is 4.35. The summed E-state index contributed by atoms with van der Waals surface area (Å²) in [7, 11) is 0. The Labute approximate surface area is 259 Å². The molecule has 5 aromatic rings. The monoisotopic (exact) mass is 602 g/mol. The van der Waals surface area contributed by atoms with Crippen molar-refractivity contribution < 1.29 is 14.3 Å². The van der Waals surface area contributed by atoms with E-state index in [0.29, 0.717) is 15.0 Å². The predicted octanol–water partition coefficient (Wildman–Crippen LogP) is 9.01. The van der Waals surface area contributed by atoms with E-state index in [4.69, 9.17) is 16.3 Å². The highest BCUT2D eigenvalue weighted by Gasteiger charge is 2.36. The van der Waals surface area contributed by atoms with Crippen LogP contribution in [0.1, 0.15) is 12.5 Å². The lowest BCUT2D eigenvalue weighted by Gasteiger charge is -2.15. The minimum Gasteiger partial charge on any atom is -0.462 e. The largest absolute Gasteiger partial charge is 0.462 e. The van der Waals surface area contributed by atoms with Crippen LogP contribution in [0.5, 0.6) is 0 Å². The number of esters is 1. The van der Waals surface area contributed by atoms with Crippen molar-refractivity contribution in [2.45, 2.75) is 6.92 Å². The second kappa shape index (κ2) is 12.6. The van der Waals surface area contributed by atoms with E-state index in [9.17, 15) is 9.59 Å². The van der Waals surface area contributed by atoms with E-state index < -0.39 is 5.97 Å². The molecule has 7 heteroatoms. The smallest absolute Gasteiger partial charge is 0.344 e. The topological polar surface area (TPSA) is 60.3 Å². The Morgan fingerprint density at radius 2 is 1.47 bits per heavy atom. The minimum absolute atomic E-state index is 0.00336. The number of nitrogens with zero attached hydrogens (tertiary/aromatic N) is 1. The zero-order chi connectivity index (χ0) is 29.8. The van der Waals surface area contributed by atoms with Gasteiger partial charge in [0.25, 0.3) is 0 Å². The van der Waals surface area contributed by atoms with Crippen molar-refractivity contribution in [2.75, 3.05) is 11.9 Å². The number of allylic oxidation sites excluding steroid dienone is 1. The van der Waals surface area contributed by atoms with Crippen LogP contribution in [0.4, 0.5) is 5.69 Å². The van der Waals surface area contributed by atoms with Crippen molar-refractivity contribution in [1.29, 1.82) is 0 Å². The Hall–Kier alpha value is -4.78. The highest BCUT2D eigenvalue weighted by Crippen LogP contribution is 2.43.